The molecule has 1 N–H and O–H groups in total. The Hall–Kier alpha value is -1.95. The maximum Gasteiger partial charge on any atom is 0.419 e. The van der Waals surface area contributed by atoms with Crippen LogP contribution in [-0.4, -0.2) is 6.09 Å². The van der Waals surface area contributed by atoms with Gasteiger partial charge in [-0.25, -0.2) is 10.1 Å². The minimum Gasteiger partial charge on any atom is -0.444 e. The van der Waals surface area contributed by atoms with E-state index in [1.165, 1.54) is 0 Å². The number of hydrogen-bond donors (Lipinski definition) is 1. The molecule has 0 aliphatic heterocycles. The number of alkyl carbamates (subject to hydrolysis) is 1. The Bertz CT molecular complexity index is 349. The number of ether oxygens (including phenoxy) is 1. The largest absolute Gasteiger partial charge is 0.444 e. The highest BCUT2D eigenvalue weighted by atomic mass is 16.5. The van der Waals surface area contributed by atoms with Gasteiger partial charge >= 0.3 is 6.09 Å². The molecular weight excluding hydrogens is 178 g/mol. The highest BCUT2D eigenvalue weighted by Crippen LogP contribution is 1.99. The Kier molecular flexibility index (Phi) is 4.09. The summed E-state index contributed by atoms with van der Waals surface area (Å²) in [6, 6.07) is 11.9. The van der Waals surface area contributed by atoms with Crippen molar-refractivity contribution in [1.29, 1.82) is 0 Å². The first-order valence-electron chi connectivity index (χ1n) is 4.21. The van der Waals surface area contributed by atoms with Crippen molar-refractivity contribution in [3.05, 3.63) is 35.9 Å². The van der Waals surface area contributed by atoms with Crippen molar-refractivity contribution < 1.29 is 9.53 Å². The van der Waals surface area contributed by atoms with Crippen LogP contribution in [-0.2, 0) is 11.3 Å². The van der Waals surface area contributed by atoms with Gasteiger partial charge in [0.05, 0.1) is 0 Å². The number of carbonyl (C=O) groups is 1. The van der Waals surface area contributed by atoms with E-state index in [0.717, 1.165) is 5.56 Å². The predicted molar refractivity (Wildman–Crippen MR) is 53.2 cm³/mol. The highest BCUT2D eigenvalue weighted by Gasteiger charge is 1.98. The van der Waals surface area contributed by atoms with Crippen molar-refractivity contribution in [3.8, 4) is 12.0 Å². The summed E-state index contributed by atoms with van der Waals surface area (Å²) in [5.74, 6) is 2.53. The lowest BCUT2D eigenvalue weighted by Crippen LogP contribution is -2.18. The van der Waals surface area contributed by atoms with E-state index >= 15 is 0 Å². The zero-order valence-electron chi connectivity index (χ0n) is 7.91. The quantitative estimate of drug-likeness (QED) is 0.570. The third-order valence-electron chi connectivity index (χ3n) is 1.50. The fourth-order valence-corrected chi connectivity index (χ4v) is 0.873. The summed E-state index contributed by atoms with van der Waals surface area (Å²) in [7, 11) is 0. The SMILES string of the molecule is CC#CNC(=O)OCc1ccccc1. The zero-order valence-corrected chi connectivity index (χ0v) is 7.91. The fourth-order valence-electron chi connectivity index (χ4n) is 0.873. The first-order valence-corrected chi connectivity index (χ1v) is 4.21. The molecule has 0 aliphatic rings. The van der Waals surface area contributed by atoms with Gasteiger partial charge in [0.1, 0.15) is 6.61 Å². The molecule has 0 aliphatic carbocycles. The average Bonchev–Trinajstić information content (AvgIpc) is 2.25. The second kappa shape index (κ2) is 5.65. The van der Waals surface area contributed by atoms with E-state index in [0.29, 0.717) is 0 Å². The van der Waals surface area contributed by atoms with E-state index in [1.807, 2.05) is 30.3 Å². The number of benzene rings is 1. The van der Waals surface area contributed by atoms with Gasteiger partial charge in [-0.3, -0.25) is 0 Å². The zero-order chi connectivity index (χ0) is 10.2. The maximum atomic E-state index is 10.9. The summed E-state index contributed by atoms with van der Waals surface area (Å²) in [5, 5.41) is 2.28. The number of hydrogen-bond acceptors (Lipinski definition) is 2. The number of amides is 1. The smallest absolute Gasteiger partial charge is 0.419 e. The van der Waals surface area contributed by atoms with Crippen molar-refractivity contribution in [1.82, 2.24) is 5.32 Å². The third-order valence-corrected chi connectivity index (χ3v) is 1.50. The molecule has 0 fully saturated rings. The molecular formula is C11H11NO2. The monoisotopic (exact) mass is 189 g/mol. The summed E-state index contributed by atoms with van der Waals surface area (Å²) in [5.41, 5.74) is 0.951. The molecule has 0 bridgehead atoms. The molecule has 0 saturated carbocycles. The number of nitrogens with one attached hydrogen (secondary N) is 1. The summed E-state index contributed by atoms with van der Waals surface area (Å²) in [6.45, 7) is 1.90. The normalized spacial score (nSPS) is 8.36. The van der Waals surface area contributed by atoms with Crippen LogP contribution < -0.4 is 5.32 Å². The van der Waals surface area contributed by atoms with Gasteiger partial charge in [0.2, 0.25) is 0 Å². The van der Waals surface area contributed by atoms with Crippen molar-refractivity contribution in [3.63, 3.8) is 0 Å². The second-order valence-electron chi connectivity index (χ2n) is 2.56. The van der Waals surface area contributed by atoms with Crippen molar-refractivity contribution in [2.45, 2.75) is 13.5 Å². The summed E-state index contributed by atoms with van der Waals surface area (Å²) in [6.07, 6.45) is -0.525. The molecule has 0 aromatic heterocycles. The first kappa shape index (κ1) is 10.1. The minimum atomic E-state index is -0.525. The Morgan fingerprint density at radius 2 is 2.14 bits per heavy atom. The Labute approximate surface area is 83.1 Å². The molecule has 14 heavy (non-hydrogen) atoms. The summed E-state index contributed by atoms with van der Waals surface area (Å²) < 4.78 is 4.88. The lowest BCUT2D eigenvalue weighted by molar-refractivity contribution is 0.144. The van der Waals surface area contributed by atoms with Crippen molar-refractivity contribution >= 4 is 6.09 Å². The molecule has 1 aromatic rings. The predicted octanol–water partition coefficient (Wildman–Crippen LogP) is 1.89. The van der Waals surface area contributed by atoms with Gasteiger partial charge in [-0.2, -0.15) is 0 Å². The summed E-state index contributed by atoms with van der Waals surface area (Å²) in [4.78, 5) is 10.9. The van der Waals surface area contributed by atoms with E-state index in [9.17, 15) is 4.79 Å². The van der Waals surface area contributed by atoms with E-state index in [2.05, 4.69) is 17.3 Å². The molecule has 0 radical (unpaired) electrons. The van der Waals surface area contributed by atoms with Gasteiger partial charge in [-0.05, 0) is 12.5 Å². The summed E-state index contributed by atoms with van der Waals surface area (Å²) >= 11 is 0. The molecule has 0 atom stereocenters. The maximum absolute atomic E-state index is 10.9. The molecule has 1 rings (SSSR count). The molecule has 3 heteroatoms. The van der Waals surface area contributed by atoms with Crippen LogP contribution in [0.2, 0.25) is 0 Å². The van der Waals surface area contributed by atoms with Crippen LogP contribution in [0.1, 0.15) is 12.5 Å². The Balaban J connectivity index is 2.33. The molecule has 0 unspecified atom stereocenters. The number of rotatable bonds is 2. The molecule has 72 valence electrons. The van der Waals surface area contributed by atoms with E-state index in [1.54, 1.807) is 6.92 Å². The van der Waals surface area contributed by atoms with Crippen LogP contribution in [0.3, 0.4) is 0 Å². The van der Waals surface area contributed by atoms with Crippen molar-refractivity contribution in [2.24, 2.45) is 0 Å². The van der Waals surface area contributed by atoms with Crippen LogP contribution in [0.15, 0.2) is 30.3 Å². The van der Waals surface area contributed by atoms with Gasteiger partial charge in [0.25, 0.3) is 0 Å². The Morgan fingerprint density at radius 1 is 1.43 bits per heavy atom. The standard InChI is InChI=1S/C11H11NO2/c1-2-8-12-11(13)14-9-10-6-4-3-5-7-10/h3-7H,9H2,1H3,(H,12,13). The van der Waals surface area contributed by atoms with E-state index in [-0.39, 0.29) is 6.61 Å². The minimum absolute atomic E-state index is 0.262. The topological polar surface area (TPSA) is 38.3 Å². The van der Waals surface area contributed by atoms with E-state index in [4.69, 9.17) is 4.74 Å². The van der Waals surface area contributed by atoms with Gasteiger partial charge in [-0.15, -0.1) is 0 Å². The van der Waals surface area contributed by atoms with Gasteiger partial charge in [0.15, 0.2) is 0 Å². The van der Waals surface area contributed by atoms with Crippen LogP contribution in [0.4, 0.5) is 4.79 Å². The van der Waals surface area contributed by atoms with Crippen LogP contribution in [0.5, 0.6) is 0 Å². The van der Waals surface area contributed by atoms with E-state index < -0.39 is 6.09 Å². The second-order valence-corrected chi connectivity index (χ2v) is 2.56. The van der Waals surface area contributed by atoms with Gasteiger partial charge < -0.3 is 4.74 Å². The highest BCUT2D eigenvalue weighted by molar-refractivity contribution is 5.69. The molecule has 1 aromatic carbocycles. The molecule has 3 nitrogen and oxygen atoms in total. The molecule has 0 heterocycles. The van der Waals surface area contributed by atoms with Crippen LogP contribution in [0, 0.1) is 12.0 Å². The van der Waals surface area contributed by atoms with Crippen molar-refractivity contribution in [2.75, 3.05) is 0 Å². The van der Waals surface area contributed by atoms with Crippen LogP contribution in [0.25, 0.3) is 0 Å². The lowest BCUT2D eigenvalue weighted by Gasteiger charge is -2.02. The van der Waals surface area contributed by atoms with Gasteiger partial charge in [0, 0.05) is 6.04 Å². The fraction of sp³-hybridized carbons (Fsp3) is 0.182. The lowest BCUT2D eigenvalue weighted by atomic mass is 10.2. The Morgan fingerprint density at radius 3 is 2.79 bits per heavy atom. The van der Waals surface area contributed by atoms with Gasteiger partial charge in [-0.1, -0.05) is 36.3 Å². The first-order chi connectivity index (χ1) is 6.83. The third kappa shape index (κ3) is 3.63. The molecule has 0 spiro atoms. The van der Waals surface area contributed by atoms with Crippen LogP contribution >= 0.6 is 0 Å². The number of carbonyl (C=O) groups excluding carboxylic acids is 1. The molecule has 0 saturated heterocycles. The molecule has 1 amide bonds. The average molecular weight is 189 g/mol.